The number of aliphatic hydroxyl groups excluding tert-OH is 1. The molecule has 0 atom stereocenters. The number of aromatic nitrogens is 1. The molecule has 0 radical (unpaired) electrons. The molecule has 1 aromatic heterocycles. The first-order valence-corrected chi connectivity index (χ1v) is 5.59. The molecule has 0 unspecified atom stereocenters. The number of aliphatic hydroxyl groups is 1. The van der Waals surface area contributed by atoms with Gasteiger partial charge >= 0.3 is 0 Å². The lowest BCUT2D eigenvalue weighted by Gasteiger charge is -2.11. The Hall–Kier alpha value is -1.58. The number of hydrogen-bond donors (Lipinski definition) is 1. The second kappa shape index (κ2) is 5.66. The van der Waals surface area contributed by atoms with E-state index in [0.717, 1.165) is 5.56 Å². The number of ether oxygens (including phenoxy) is 1. The summed E-state index contributed by atoms with van der Waals surface area (Å²) in [6.45, 7) is 0.267. The Bertz CT molecular complexity index is 488. The van der Waals surface area contributed by atoms with Crippen LogP contribution in [0, 0.1) is 0 Å². The normalized spacial score (nSPS) is 10.2. The van der Waals surface area contributed by atoms with Gasteiger partial charge in [-0.25, -0.2) is 0 Å². The lowest BCUT2D eigenvalue weighted by Crippen LogP contribution is -1.99. The van der Waals surface area contributed by atoms with E-state index in [9.17, 15) is 5.11 Å². The number of hydrogen-bond acceptors (Lipinski definition) is 3. The van der Waals surface area contributed by atoms with Crippen molar-refractivity contribution in [1.29, 1.82) is 0 Å². The molecule has 2 rings (SSSR count). The van der Waals surface area contributed by atoms with E-state index in [2.05, 4.69) is 4.98 Å². The predicted molar refractivity (Wildman–Crippen MR) is 65.9 cm³/mol. The Morgan fingerprint density at radius 2 is 2.12 bits per heavy atom. The van der Waals surface area contributed by atoms with Crippen molar-refractivity contribution in [2.75, 3.05) is 0 Å². The Morgan fingerprint density at radius 1 is 1.24 bits per heavy atom. The third-order valence-corrected chi connectivity index (χ3v) is 2.71. The van der Waals surface area contributed by atoms with Crippen molar-refractivity contribution in [3.63, 3.8) is 0 Å². The molecule has 0 fully saturated rings. The summed E-state index contributed by atoms with van der Waals surface area (Å²) in [6, 6.07) is 9.08. The van der Waals surface area contributed by atoms with E-state index >= 15 is 0 Å². The monoisotopic (exact) mass is 249 g/mol. The highest BCUT2D eigenvalue weighted by Crippen LogP contribution is 2.26. The third-order valence-electron chi connectivity index (χ3n) is 2.35. The molecule has 1 aromatic carbocycles. The van der Waals surface area contributed by atoms with E-state index in [1.807, 2.05) is 12.1 Å². The number of pyridine rings is 1. The maximum Gasteiger partial charge on any atom is 0.126 e. The van der Waals surface area contributed by atoms with Gasteiger partial charge in [-0.15, -0.1) is 0 Å². The van der Waals surface area contributed by atoms with Gasteiger partial charge in [0.25, 0.3) is 0 Å². The van der Waals surface area contributed by atoms with E-state index in [0.29, 0.717) is 22.9 Å². The van der Waals surface area contributed by atoms with Gasteiger partial charge in [0, 0.05) is 28.5 Å². The molecule has 3 nitrogen and oxygen atoms in total. The zero-order chi connectivity index (χ0) is 12.1. The Labute approximate surface area is 105 Å². The van der Waals surface area contributed by atoms with Crippen molar-refractivity contribution in [3.8, 4) is 5.75 Å². The summed E-state index contributed by atoms with van der Waals surface area (Å²) in [5.74, 6) is 0.601. The average molecular weight is 250 g/mol. The molecule has 0 aliphatic carbocycles. The fraction of sp³-hybridized carbons (Fsp3) is 0.154. The number of rotatable bonds is 4. The zero-order valence-electron chi connectivity index (χ0n) is 9.14. The molecule has 1 N–H and O–H groups in total. The summed E-state index contributed by atoms with van der Waals surface area (Å²) in [4.78, 5) is 4.00. The second-order valence-electron chi connectivity index (χ2n) is 3.52. The fourth-order valence-corrected chi connectivity index (χ4v) is 1.70. The van der Waals surface area contributed by atoms with E-state index in [4.69, 9.17) is 16.3 Å². The van der Waals surface area contributed by atoms with E-state index in [-0.39, 0.29) is 6.61 Å². The summed E-state index contributed by atoms with van der Waals surface area (Å²) in [5.41, 5.74) is 1.58. The lowest BCUT2D eigenvalue weighted by molar-refractivity contribution is 0.259. The number of halogens is 1. The van der Waals surface area contributed by atoms with Crippen molar-refractivity contribution < 1.29 is 9.84 Å². The molecular weight excluding hydrogens is 238 g/mol. The maximum absolute atomic E-state index is 9.22. The van der Waals surface area contributed by atoms with Gasteiger partial charge < -0.3 is 9.84 Å². The van der Waals surface area contributed by atoms with Crippen LogP contribution in [0.1, 0.15) is 11.1 Å². The standard InChI is InChI=1S/C13H12ClNO2/c14-12-4-1-5-13(11(12)8-16)17-9-10-3-2-6-15-7-10/h1-7,16H,8-9H2. The van der Waals surface area contributed by atoms with Gasteiger partial charge in [-0.05, 0) is 18.2 Å². The molecule has 0 saturated heterocycles. The van der Waals surface area contributed by atoms with Gasteiger partial charge in [0.05, 0.1) is 6.61 Å². The molecule has 0 amide bonds. The van der Waals surface area contributed by atoms with Crippen LogP contribution in [0.5, 0.6) is 5.75 Å². The van der Waals surface area contributed by atoms with Crippen LogP contribution >= 0.6 is 11.6 Å². The van der Waals surface area contributed by atoms with Crippen LogP contribution in [0.25, 0.3) is 0 Å². The van der Waals surface area contributed by atoms with Crippen LogP contribution in [-0.4, -0.2) is 10.1 Å². The first-order valence-electron chi connectivity index (χ1n) is 5.21. The molecule has 17 heavy (non-hydrogen) atoms. The van der Waals surface area contributed by atoms with Crippen LogP contribution in [0.15, 0.2) is 42.7 Å². The molecule has 88 valence electrons. The number of nitrogens with zero attached hydrogens (tertiary/aromatic N) is 1. The largest absolute Gasteiger partial charge is 0.488 e. The van der Waals surface area contributed by atoms with Crippen LogP contribution in [-0.2, 0) is 13.2 Å². The number of benzene rings is 1. The van der Waals surface area contributed by atoms with Gasteiger partial charge in [-0.1, -0.05) is 23.7 Å². The van der Waals surface area contributed by atoms with Crippen LogP contribution in [0.4, 0.5) is 0 Å². The molecule has 4 heteroatoms. The van der Waals surface area contributed by atoms with Gasteiger partial charge in [0.1, 0.15) is 12.4 Å². The molecule has 1 heterocycles. The highest BCUT2D eigenvalue weighted by Gasteiger charge is 2.07. The molecule has 0 bridgehead atoms. The van der Waals surface area contributed by atoms with Crippen molar-refractivity contribution in [3.05, 3.63) is 58.9 Å². The van der Waals surface area contributed by atoms with Crippen molar-refractivity contribution in [1.82, 2.24) is 4.98 Å². The van der Waals surface area contributed by atoms with Gasteiger partial charge in [-0.3, -0.25) is 4.98 Å². The highest BCUT2D eigenvalue weighted by molar-refractivity contribution is 6.31. The topological polar surface area (TPSA) is 42.4 Å². The molecule has 2 aromatic rings. The lowest BCUT2D eigenvalue weighted by atomic mass is 10.2. The summed E-state index contributed by atoms with van der Waals surface area (Å²) < 4.78 is 5.61. The Morgan fingerprint density at radius 3 is 2.82 bits per heavy atom. The summed E-state index contributed by atoms with van der Waals surface area (Å²) in [6.07, 6.45) is 3.45. The summed E-state index contributed by atoms with van der Waals surface area (Å²) in [7, 11) is 0. The second-order valence-corrected chi connectivity index (χ2v) is 3.93. The zero-order valence-corrected chi connectivity index (χ0v) is 9.89. The molecule has 0 spiro atoms. The quantitative estimate of drug-likeness (QED) is 0.906. The average Bonchev–Trinajstić information content (AvgIpc) is 2.37. The van der Waals surface area contributed by atoms with Gasteiger partial charge in [0.2, 0.25) is 0 Å². The smallest absolute Gasteiger partial charge is 0.126 e. The fourth-order valence-electron chi connectivity index (χ4n) is 1.47. The predicted octanol–water partition coefficient (Wildman–Crippen LogP) is 2.81. The van der Waals surface area contributed by atoms with Crippen molar-refractivity contribution >= 4 is 11.6 Å². The van der Waals surface area contributed by atoms with Crippen molar-refractivity contribution in [2.45, 2.75) is 13.2 Å². The molecular formula is C13H12ClNO2. The van der Waals surface area contributed by atoms with Crippen LogP contribution in [0.2, 0.25) is 5.02 Å². The van der Waals surface area contributed by atoms with E-state index < -0.39 is 0 Å². The SMILES string of the molecule is OCc1c(Cl)cccc1OCc1cccnc1. The molecule has 0 aliphatic rings. The van der Waals surface area contributed by atoms with Crippen molar-refractivity contribution in [2.24, 2.45) is 0 Å². The minimum absolute atomic E-state index is 0.137. The summed E-state index contributed by atoms with van der Waals surface area (Å²) >= 11 is 5.96. The van der Waals surface area contributed by atoms with Gasteiger partial charge in [0.15, 0.2) is 0 Å². The maximum atomic E-state index is 9.22. The highest BCUT2D eigenvalue weighted by atomic mass is 35.5. The van der Waals surface area contributed by atoms with Crippen LogP contribution in [0.3, 0.4) is 0 Å². The van der Waals surface area contributed by atoms with Gasteiger partial charge in [-0.2, -0.15) is 0 Å². The first-order chi connectivity index (χ1) is 8.31. The third kappa shape index (κ3) is 2.96. The van der Waals surface area contributed by atoms with E-state index in [1.165, 1.54) is 0 Å². The summed E-state index contributed by atoms with van der Waals surface area (Å²) in [5, 5.41) is 9.73. The minimum atomic E-state index is -0.137. The first kappa shape index (κ1) is 11.9. The Balaban J connectivity index is 2.12. The van der Waals surface area contributed by atoms with Crippen LogP contribution < -0.4 is 4.74 Å². The Kier molecular flexibility index (Phi) is 3.96. The molecule has 0 aliphatic heterocycles. The minimum Gasteiger partial charge on any atom is -0.488 e. The van der Waals surface area contributed by atoms with E-state index in [1.54, 1.807) is 30.6 Å². The molecule has 0 saturated carbocycles.